The molecule has 0 heterocycles. The number of carbonyl (C=O) groups is 1. The van der Waals surface area contributed by atoms with E-state index in [-0.39, 0.29) is 0 Å². The van der Waals surface area contributed by atoms with Crippen LogP contribution in [0.25, 0.3) is 6.08 Å². The van der Waals surface area contributed by atoms with Crippen molar-refractivity contribution in [2.45, 2.75) is 39.0 Å². The molecule has 0 aliphatic rings. The van der Waals surface area contributed by atoms with E-state index < -0.39 is 5.97 Å². The van der Waals surface area contributed by atoms with Crippen molar-refractivity contribution in [3.05, 3.63) is 41.5 Å². The number of carboxylic acids is 1. The van der Waals surface area contributed by atoms with Crippen LogP contribution in [0.3, 0.4) is 0 Å². The van der Waals surface area contributed by atoms with E-state index >= 15 is 0 Å². The second-order valence-corrected chi connectivity index (χ2v) is 4.23. The molecule has 2 heteroatoms. The van der Waals surface area contributed by atoms with Crippen molar-refractivity contribution in [3.63, 3.8) is 0 Å². The van der Waals surface area contributed by atoms with E-state index in [0.717, 1.165) is 12.0 Å². The number of aliphatic carboxylic acids is 1. The van der Waals surface area contributed by atoms with Crippen LogP contribution >= 0.6 is 0 Å². The summed E-state index contributed by atoms with van der Waals surface area (Å²) < 4.78 is 0. The van der Waals surface area contributed by atoms with E-state index in [4.69, 9.17) is 5.11 Å². The van der Waals surface area contributed by atoms with Gasteiger partial charge in [-0.15, -0.1) is 0 Å². The van der Waals surface area contributed by atoms with Crippen molar-refractivity contribution >= 4 is 12.0 Å². The highest BCUT2D eigenvalue weighted by Crippen LogP contribution is 2.24. The fourth-order valence-corrected chi connectivity index (χ4v) is 2.00. The van der Waals surface area contributed by atoms with Crippen LogP contribution in [0, 0.1) is 0 Å². The van der Waals surface area contributed by atoms with Crippen LogP contribution < -0.4 is 0 Å². The topological polar surface area (TPSA) is 37.3 Å². The molecule has 1 unspecified atom stereocenters. The molecule has 0 bridgehead atoms. The lowest BCUT2D eigenvalue weighted by atomic mass is 9.91. The first kappa shape index (κ1) is 13.5. The average Bonchev–Trinajstić information content (AvgIpc) is 2.34. The maximum Gasteiger partial charge on any atom is 0.328 e. The van der Waals surface area contributed by atoms with Crippen LogP contribution in [0.5, 0.6) is 0 Å². The van der Waals surface area contributed by atoms with Gasteiger partial charge in [0.25, 0.3) is 0 Å². The maximum atomic E-state index is 10.4. The fourth-order valence-electron chi connectivity index (χ4n) is 2.00. The predicted molar refractivity (Wildman–Crippen MR) is 71.1 cm³/mol. The van der Waals surface area contributed by atoms with Gasteiger partial charge in [0.1, 0.15) is 0 Å². The third-order valence-electron chi connectivity index (χ3n) is 2.96. The van der Waals surface area contributed by atoms with Gasteiger partial charge < -0.3 is 5.11 Å². The molecular weight excluding hydrogens is 212 g/mol. The average molecular weight is 232 g/mol. The Morgan fingerprint density at radius 2 is 1.94 bits per heavy atom. The second kappa shape index (κ2) is 6.89. The molecular formula is C15H20O2. The second-order valence-electron chi connectivity index (χ2n) is 4.23. The van der Waals surface area contributed by atoms with E-state index in [2.05, 4.69) is 26.0 Å². The van der Waals surface area contributed by atoms with Crippen molar-refractivity contribution in [1.82, 2.24) is 0 Å². The first-order chi connectivity index (χ1) is 8.17. The van der Waals surface area contributed by atoms with Crippen molar-refractivity contribution in [3.8, 4) is 0 Å². The van der Waals surface area contributed by atoms with Gasteiger partial charge in [0, 0.05) is 6.08 Å². The summed E-state index contributed by atoms with van der Waals surface area (Å²) in [7, 11) is 0. The highest BCUT2D eigenvalue weighted by Gasteiger charge is 2.07. The Bertz CT molecular complexity index is 376. The van der Waals surface area contributed by atoms with Crippen LogP contribution in [-0.2, 0) is 4.79 Å². The van der Waals surface area contributed by atoms with Gasteiger partial charge in [-0.1, -0.05) is 44.5 Å². The molecule has 0 radical (unpaired) electrons. The van der Waals surface area contributed by atoms with Gasteiger partial charge in [-0.05, 0) is 36.0 Å². The summed E-state index contributed by atoms with van der Waals surface area (Å²) in [4.78, 5) is 10.4. The van der Waals surface area contributed by atoms with Crippen LogP contribution in [-0.4, -0.2) is 11.1 Å². The Balaban J connectivity index is 2.76. The largest absolute Gasteiger partial charge is 0.478 e. The van der Waals surface area contributed by atoms with E-state index in [9.17, 15) is 4.79 Å². The predicted octanol–water partition coefficient (Wildman–Crippen LogP) is 4.08. The minimum Gasteiger partial charge on any atom is -0.478 e. The molecule has 0 spiro atoms. The molecule has 1 N–H and O–H groups in total. The number of hydrogen-bond donors (Lipinski definition) is 1. The normalized spacial score (nSPS) is 12.8. The van der Waals surface area contributed by atoms with Crippen LogP contribution in [0.15, 0.2) is 30.3 Å². The molecule has 17 heavy (non-hydrogen) atoms. The standard InChI is InChI=1S/C15H20O2/c1-3-5-13(4-2)14-9-6-12(7-10-14)8-11-15(16)17/h6-11,13H,3-5H2,1-2H3,(H,16,17)/b11-8+. The Kier molecular flexibility index (Phi) is 5.47. The van der Waals surface area contributed by atoms with Crippen molar-refractivity contribution < 1.29 is 9.90 Å². The number of carboxylic acid groups (broad SMARTS) is 1. The zero-order chi connectivity index (χ0) is 12.7. The lowest BCUT2D eigenvalue weighted by Crippen LogP contribution is -1.96. The van der Waals surface area contributed by atoms with Gasteiger partial charge in [-0.3, -0.25) is 0 Å². The van der Waals surface area contributed by atoms with Crippen molar-refractivity contribution in [1.29, 1.82) is 0 Å². The zero-order valence-electron chi connectivity index (χ0n) is 10.5. The van der Waals surface area contributed by atoms with Gasteiger partial charge >= 0.3 is 5.97 Å². The Morgan fingerprint density at radius 1 is 1.29 bits per heavy atom. The van der Waals surface area contributed by atoms with Crippen molar-refractivity contribution in [2.24, 2.45) is 0 Å². The summed E-state index contributed by atoms with van der Waals surface area (Å²) in [6, 6.07) is 8.16. The lowest BCUT2D eigenvalue weighted by Gasteiger charge is -2.14. The zero-order valence-corrected chi connectivity index (χ0v) is 10.5. The van der Waals surface area contributed by atoms with E-state index in [0.29, 0.717) is 5.92 Å². The van der Waals surface area contributed by atoms with Crippen LogP contribution in [0.1, 0.15) is 50.2 Å². The summed E-state index contributed by atoms with van der Waals surface area (Å²) in [5, 5.41) is 8.54. The van der Waals surface area contributed by atoms with Gasteiger partial charge in [0.15, 0.2) is 0 Å². The first-order valence-corrected chi connectivity index (χ1v) is 6.18. The molecule has 0 aliphatic carbocycles. The molecule has 1 atom stereocenters. The smallest absolute Gasteiger partial charge is 0.328 e. The third kappa shape index (κ3) is 4.43. The molecule has 0 saturated heterocycles. The molecule has 1 rings (SSSR count). The third-order valence-corrected chi connectivity index (χ3v) is 2.96. The van der Waals surface area contributed by atoms with Gasteiger partial charge in [-0.25, -0.2) is 4.79 Å². The monoisotopic (exact) mass is 232 g/mol. The molecule has 0 saturated carbocycles. The molecule has 0 amide bonds. The number of rotatable bonds is 6. The fraction of sp³-hybridized carbons (Fsp3) is 0.400. The van der Waals surface area contributed by atoms with Gasteiger partial charge in [0.2, 0.25) is 0 Å². The molecule has 92 valence electrons. The van der Waals surface area contributed by atoms with Crippen molar-refractivity contribution in [2.75, 3.05) is 0 Å². The minimum atomic E-state index is -0.911. The van der Waals surface area contributed by atoms with E-state index in [1.165, 1.54) is 24.5 Å². The summed E-state index contributed by atoms with van der Waals surface area (Å²) in [5.74, 6) is -0.288. The molecule has 1 aromatic carbocycles. The SMILES string of the molecule is CCCC(CC)c1ccc(/C=C/C(=O)O)cc1. The van der Waals surface area contributed by atoms with Crippen LogP contribution in [0.2, 0.25) is 0 Å². The summed E-state index contributed by atoms with van der Waals surface area (Å²) in [5.41, 5.74) is 2.28. The molecule has 1 aromatic rings. The van der Waals surface area contributed by atoms with Gasteiger partial charge in [-0.2, -0.15) is 0 Å². The number of benzene rings is 1. The Hall–Kier alpha value is -1.57. The Morgan fingerprint density at radius 3 is 2.41 bits per heavy atom. The first-order valence-electron chi connectivity index (χ1n) is 6.18. The summed E-state index contributed by atoms with van der Waals surface area (Å²) >= 11 is 0. The Labute approximate surface area is 103 Å². The summed E-state index contributed by atoms with van der Waals surface area (Å²) in [6.07, 6.45) is 6.34. The highest BCUT2D eigenvalue weighted by molar-refractivity contribution is 5.85. The summed E-state index contributed by atoms with van der Waals surface area (Å²) in [6.45, 7) is 4.41. The molecule has 0 fully saturated rings. The molecule has 2 nitrogen and oxygen atoms in total. The lowest BCUT2D eigenvalue weighted by molar-refractivity contribution is -0.131. The van der Waals surface area contributed by atoms with E-state index in [1.807, 2.05) is 12.1 Å². The van der Waals surface area contributed by atoms with Crippen LogP contribution in [0.4, 0.5) is 0 Å². The van der Waals surface area contributed by atoms with Gasteiger partial charge in [0.05, 0.1) is 0 Å². The highest BCUT2D eigenvalue weighted by atomic mass is 16.4. The molecule has 0 aromatic heterocycles. The quantitative estimate of drug-likeness (QED) is 0.750. The maximum absolute atomic E-state index is 10.4. The number of hydrogen-bond acceptors (Lipinski definition) is 1. The molecule has 0 aliphatic heterocycles. The minimum absolute atomic E-state index is 0.623. The van der Waals surface area contributed by atoms with E-state index in [1.54, 1.807) is 6.08 Å².